The van der Waals surface area contributed by atoms with Crippen LogP contribution < -0.4 is 0 Å². The monoisotopic (exact) mass is 329 g/mol. The lowest BCUT2D eigenvalue weighted by Gasteiger charge is -2.29. The zero-order valence-electron chi connectivity index (χ0n) is 13.5. The molecule has 126 valence electrons. The summed E-state index contributed by atoms with van der Waals surface area (Å²) in [5.74, 6) is -2.09. The molecule has 24 heavy (non-hydrogen) atoms. The van der Waals surface area contributed by atoms with Crippen molar-refractivity contribution >= 4 is 23.8 Å². The van der Waals surface area contributed by atoms with Crippen LogP contribution in [0.2, 0.25) is 0 Å². The molecule has 1 saturated heterocycles. The molecule has 0 radical (unpaired) electrons. The fourth-order valence-electron chi connectivity index (χ4n) is 3.05. The van der Waals surface area contributed by atoms with Crippen LogP contribution in [-0.4, -0.2) is 58.1 Å². The van der Waals surface area contributed by atoms with E-state index in [4.69, 9.17) is 0 Å². The lowest BCUT2D eigenvalue weighted by molar-refractivity contribution is -0.145. The van der Waals surface area contributed by atoms with Crippen LogP contribution in [0.5, 0.6) is 0 Å². The quantitative estimate of drug-likeness (QED) is 0.604. The summed E-state index contributed by atoms with van der Waals surface area (Å²) in [6.45, 7) is 2.61. The molecular formula is C17H19N3O4. The fourth-order valence-corrected chi connectivity index (χ4v) is 3.05. The second kappa shape index (κ2) is 6.43. The highest BCUT2D eigenvalue weighted by Crippen LogP contribution is 2.19. The predicted molar refractivity (Wildman–Crippen MR) is 84.7 cm³/mol. The number of nitrogens with zero attached hydrogens (tertiary/aromatic N) is 3. The van der Waals surface area contributed by atoms with Gasteiger partial charge < -0.3 is 4.90 Å². The molecule has 2 aliphatic rings. The molecule has 7 heteroatoms. The molecule has 0 atom stereocenters. The van der Waals surface area contributed by atoms with Gasteiger partial charge in [-0.15, -0.1) is 0 Å². The highest BCUT2D eigenvalue weighted by atomic mass is 16.2. The number of imide groups is 2. The van der Waals surface area contributed by atoms with Crippen molar-refractivity contribution in [1.29, 1.82) is 0 Å². The summed E-state index contributed by atoms with van der Waals surface area (Å²) in [6, 6.07) is 7.19. The third-order valence-corrected chi connectivity index (χ3v) is 4.36. The number of hydrogen-bond acceptors (Lipinski definition) is 4. The fraction of sp³-hybridized carbons (Fsp3) is 0.412. The summed E-state index contributed by atoms with van der Waals surface area (Å²) < 4.78 is 0. The highest BCUT2D eigenvalue weighted by molar-refractivity contribution is 6.45. The van der Waals surface area contributed by atoms with E-state index in [1.165, 1.54) is 5.56 Å². The van der Waals surface area contributed by atoms with E-state index in [2.05, 4.69) is 0 Å². The van der Waals surface area contributed by atoms with Crippen LogP contribution in [0.3, 0.4) is 0 Å². The SMILES string of the molecule is CCCN1C(=O)C(=O)N(CC(=O)N2CCc3ccccc3C2)C1=O. The first-order chi connectivity index (χ1) is 11.5. The van der Waals surface area contributed by atoms with Crippen molar-refractivity contribution in [1.82, 2.24) is 14.7 Å². The molecule has 7 nitrogen and oxygen atoms in total. The molecular weight excluding hydrogens is 310 g/mol. The second-order valence-corrected chi connectivity index (χ2v) is 5.96. The minimum absolute atomic E-state index is 0.186. The Kier molecular flexibility index (Phi) is 4.33. The average molecular weight is 329 g/mol. The van der Waals surface area contributed by atoms with Gasteiger partial charge in [0, 0.05) is 19.6 Å². The van der Waals surface area contributed by atoms with Gasteiger partial charge in [0.25, 0.3) is 0 Å². The van der Waals surface area contributed by atoms with Crippen molar-refractivity contribution in [2.45, 2.75) is 26.3 Å². The van der Waals surface area contributed by atoms with Crippen LogP contribution in [0.1, 0.15) is 24.5 Å². The highest BCUT2D eigenvalue weighted by Gasteiger charge is 2.45. The van der Waals surface area contributed by atoms with Crippen molar-refractivity contribution in [3.8, 4) is 0 Å². The van der Waals surface area contributed by atoms with E-state index in [0.717, 1.165) is 21.8 Å². The normalized spacial score (nSPS) is 17.5. The molecule has 0 aliphatic carbocycles. The minimum atomic E-state index is -0.917. The van der Waals surface area contributed by atoms with Gasteiger partial charge in [-0.2, -0.15) is 0 Å². The zero-order chi connectivity index (χ0) is 17.3. The van der Waals surface area contributed by atoms with Gasteiger partial charge in [-0.3, -0.25) is 19.3 Å². The molecule has 1 fully saturated rings. The molecule has 5 amide bonds. The van der Waals surface area contributed by atoms with Crippen LogP contribution in [-0.2, 0) is 27.3 Å². The van der Waals surface area contributed by atoms with Crippen molar-refractivity contribution in [3.05, 3.63) is 35.4 Å². The molecule has 0 unspecified atom stereocenters. The number of hydrogen-bond donors (Lipinski definition) is 0. The number of amides is 5. The van der Waals surface area contributed by atoms with Crippen molar-refractivity contribution in [2.75, 3.05) is 19.6 Å². The maximum Gasteiger partial charge on any atom is 0.334 e. The van der Waals surface area contributed by atoms with Crippen molar-refractivity contribution in [3.63, 3.8) is 0 Å². The lowest BCUT2D eigenvalue weighted by atomic mass is 10.00. The number of benzene rings is 1. The molecule has 0 saturated carbocycles. The smallest absolute Gasteiger partial charge is 0.334 e. The van der Waals surface area contributed by atoms with Crippen molar-refractivity contribution in [2.24, 2.45) is 0 Å². The van der Waals surface area contributed by atoms with Gasteiger partial charge in [0.1, 0.15) is 6.54 Å². The Labute approximate surface area is 139 Å². The summed E-state index contributed by atoms with van der Waals surface area (Å²) in [7, 11) is 0. The van der Waals surface area contributed by atoms with Crippen LogP contribution in [0.4, 0.5) is 4.79 Å². The number of rotatable bonds is 4. The molecule has 0 bridgehead atoms. The van der Waals surface area contributed by atoms with Gasteiger partial charge in [-0.1, -0.05) is 31.2 Å². The summed E-state index contributed by atoms with van der Waals surface area (Å²) in [4.78, 5) is 51.7. The molecule has 0 spiro atoms. The Morgan fingerprint density at radius 3 is 2.42 bits per heavy atom. The molecule has 1 aromatic carbocycles. The van der Waals surface area contributed by atoms with Gasteiger partial charge in [-0.25, -0.2) is 9.69 Å². The van der Waals surface area contributed by atoms with E-state index in [0.29, 0.717) is 19.5 Å². The minimum Gasteiger partial charge on any atom is -0.336 e. The Morgan fingerprint density at radius 1 is 1.04 bits per heavy atom. The standard InChI is InChI=1S/C17H19N3O4/c1-2-8-19-15(22)16(23)20(17(19)24)11-14(21)18-9-7-12-5-3-4-6-13(12)10-18/h3-6H,2,7-11H2,1H3. The van der Waals surface area contributed by atoms with E-state index >= 15 is 0 Å². The predicted octanol–water partition coefficient (Wildman–Crippen LogP) is 0.772. The van der Waals surface area contributed by atoms with Gasteiger partial charge in [0.2, 0.25) is 5.91 Å². The first-order valence-corrected chi connectivity index (χ1v) is 8.04. The zero-order valence-corrected chi connectivity index (χ0v) is 13.5. The molecule has 2 aliphatic heterocycles. The second-order valence-electron chi connectivity index (χ2n) is 5.96. The van der Waals surface area contributed by atoms with E-state index < -0.39 is 17.8 Å². The van der Waals surface area contributed by atoms with Gasteiger partial charge in [0.15, 0.2) is 0 Å². The largest absolute Gasteiger partial charge is 0.336 e. The van der Waals surface area contributed by atoms with Crippen LogP contribution in [0.15, 0.2) is 24.3 Å². The molecule has 0 N–H and O–H groups in total. The van der Waals surface area contributed by atoms with E-state index in [1.54, 1.807) is 4.90 Å². The Morgan fingerprint density at radius 2 is 1.71 bits per heavy atom. The number of urea groups is 1. The van der Waals surface area contributed by atoms with Crippen molar-refractivity contribution < 1.29 is 19.2 Å². The Hall–Kier alpha value is -2.70. The first-order valence-electron chi connectivity index (χ1n) is 8.04. The summed E-state index contributed by atoms with van der Waals surface area (Å²) in [6.07, 6.45) is 1.31. The third kappa shape index (κ3) is 2.77. The van der Waals surface area contributed by atoms with Crippen LogP contribution in [0, 0.1) is 0 Å². The van der Waals surface area contributed by atoms with Gasteiger partial charge >= 0.3 is 17.8 Å². The Balaban J connectivity index is 1.68. The summed E-state index contributed by atoms with van der Waals surface area (Å²) >= 11 is 0. The van der Waals surface area contributed by atoms with E-state index in [9.17, 15) is 19.2 Å². The summed E-state index contributed by atoms with van der Waals surface area (Å²) in [5, 5.41) is 0. The maximum absolute atomic E-state index is 12.5. The lowest BCUT2D eigenvalue weighted by Crippen LogP contribution is -2.45. The number of carbonyl (C=O) groups excluding carboxylic acids is 4. The van der Waals surface area contributed by atoms with Crippen LogP contribution >= 0.6 is 0 Å². The van der Waals surface area contributed by atoms with E-state index in [1.807, 2.05) is 31.2 Å². The van der Waals surface area contributed by atoms with E-state index in [-0.39, 0.29) is 19.0 Å². The maximum atomic E-state index is 12.5. The first kappa shape index (κ1) is 16.2. The van der Waals surface area contributed by atoms with Crippen LogP contribution in [0.25, 0.3) is 0 Å². The van der Waals surface area contributed by atoms with Gasteiger partial charge in [0.05, 0.1) is 0 Å². The number of fused-ring (bicyclic) bond motifs is 1. The number of carbonyl (C=O) groups is 4. The molecule has 0 aromatic heterocycles. The Bertz CT molecular complexity index is 716. The average Bonchev–Trinajstić information content (AvgIpc) is 2.79. The summed E-state index contributed by atoms with van der Waals surface area (Å²) in [5.41, 5.74) is 2.28. The van der Waals surface area contributed by atoms with Gasteiger partial charge in [-0.05, 0) is 24.0 Å². The molecule has 1 aromatic rings. The third-order valence-electron chi connectivity index (χ3n) is 4.36. The topological polar surface area (TPSA) is 78.0 Å². The molecule has 3 rings (SSSR count). The molecule has 2 heterocycles.